The van der Waals surface area contributed by atoms with Gasteiger partial charge in [-0.2, -0.15) is 0 Å². The summed E-state index contributed by atoms with van der Waals surface area (Å²) in [6, 6.07) is 90.2. The van der Waals surface area contributed by atoms with Crippen molar-refractivity contribution in [2.45, 2.75) is 5.41 Å². The zero-order valence-corrected chi connectivity index (χ0v) is 41.4. The first-order valence-corrected chi connectivity index (χ1v) is 25.9. The van der Waals surface area contributed by atoms with Gasteiger partial charge in [0.05, 0.1) is 27.5 Å². The number of hydrogen-bond donors (Lipinski definition) is 0. The zero-order chi connectivity index (χ0) is 49.5. The Morgan fingerprint density at radius 3 is 1.33 bits per heavy atom. The van der Waals surface area contributed by atoms with Crippen molar-refractivity contribution in [3.05, 3.63) is 265 Å². The second kappa shape index (κ2) is 15.7. The summed E-state index contributed by atoms with van der Waals surface area (Å²) < 4.78 is 4.47. The van der Waals surface area contributed by atoms with Crippen LogP contribution in [-0.4, -0.2) is 19.1 Å². The van der Waals surface area contributed by atoms with Gasteiger partial charge in [0, 0.05) is 25.2 Å². The Morgan fingerprint density at radius 1 is 0.307 bits per heavy atom. The van der Waals surface area contributed by atoms with E-state index in [0.29, 0.717) is 0 Å². The summed E-state index contributed by atoms with van der Waals surface area (Å²) >= 11 is 0. The topological polar surface area (TPSA) is 35.6 Å². The number of imidazole rings is 2. The molecule has 4 nitrogen and oxygen atoms in total. The van der Waals surface area contributed by atoms with E-state index in [0.717, 1.165) is 56.0 Å². The highest BCUT2D eigenvalue weighted by Crippen LogP contribution is 2.66. The average Bonchev–Trinajstić information content (AvgIpc) is 4.39. The highest BCUT2D eigenvalue weighted by Gasteiger charge is 2.53. The van der Waals surface area contributed by atoms with Gasteiger partial charge in [0.15, 0.2) is 0 Å². The molecular formula is C71H46N4. The molecule has 1 spiro atoms. The summed E-state index contributed by atoms with van der Waals surface area (Å²) in [4.78, 5) is 10.3. The summed E-state index contributed by atoms with van der Waals surface area (Å²) in [5.41, 5.74) is 23.4. The standard InChI is InChI=1S/C71H46N4/c1-74-64-40-46(35-38-62(64)72-69(74)44-19-5-3-6-20-44)48-26-15-28-53-57(48)42-58-49(47-36-39-63-65(41-47)75(2)70(73-63)45-21-7-4-8-22-45)27-16-29-54(58)66(53)55-30-17-31-56-67-50-23-10-9-18-43(50)34-37-61(67)71(68(55)56)59-32-13-11-24-51(59)52-25-12-14-33-60(52)71/h3-42H,1-2H3. The molecule has 0 unspecified atom stereocenters. The van der Waals surface area contributed by atoms with Crippen molar-refractivity contribution < 1.29 is 0 Å². The molecule has 0 aliphatic heterocycles. The van der Waals surface area contributed by atoms with Gasteiger partial charge in [0.25, 0.3) is 0 Å². The lowest BCUT2D eigenvalue weighted by Crippen LogP contribution is -2.26. The van der Waals surface area contributed by atoms with Crippen LogP contribution in [-0.2, 0) is 19.5 Å². The number of hydrogen-bond acceptors (Lipinski definition) is 2. The predicted octanol–water partition coefficient (Wildman–Crippen LogP) is 17.6. The maximum absolute atomic E-state index is 5.16. The fourth-order valence-corrected chi connectivity index (χ4v) is 13.5. The Balaban J connectivity index is 1.02. The van der Waals surface area contributed by atoms with Crippen LogP contribution in [0.3, 0.4) is 0 Å². The van der Waals surface area contributed by atoms with Crippen LogP contribution >= 0.6 is 0 Å². The molecule has 2 aliphatic carbocycles. The first-order valence-electron chi connectivity index (χ1n) is 25.9. The molecule has 2 heterocycles. The van der Waals surface area contributed by atoms with Crippen LogP contribution in [0.4, 0.5) is 0 Å². The second-order valence-corrected chi connectivity index (χ2v) is 20.5. The van der Waals surface area contributed by atoms with Crippen molar-refractivity contribution in [3.63, 3.8) is 0 Å². The van der Waals surface area contributed by atoms with E-state index in [1.165, 1.54) is 99.1 Å². The Morgan fingerprint density at radius 2 is 0.760 bits per heavy atom. The molecular weight excluding hydrogens is 909 g/mol. The normalized spacial score (nSPS) is 13.0. The van der Waals surface area contributed by atoms with Crippen LogP contribution < -0.4 is 0 Å². The van der Waals surface area contributed by atoms with E-state index in [1.807, 2.05) is 0 Å². The van der Waals surface area contributed by atoms with Gasteiger partial charge < -0.3 is 9.13 Å². The van der Waals surface area contributed by atoms with E-state index in [9.17, 15) is 0 Å². The number of fused-ring (bicyclic) bond motifs is 16. The maximum atomic E-state index is 5.16. The molecule has 0 atom stereocenters. The predicted molar refractivity (Wildman–Crippen MR) is 311 cm³/mol. The Bertz CT molecular complexity index is 4500. The molecule has 0 saturated carbocycles. The van der Waals surface area contributed by atoms with Gasteiger partial charge in [-0.05, 0) is 141 Å². The summed E-state index contributed by atoms with van der Waals surface area (Å²) in [6.45, 7) is 0. The number of aromatic nitrogens is 4. The van der Waals surface area contributed by atoms with Gasteiger partial charge in [-0.1, -0.05) is 212 Å². The smallest absolute Gasteiger partial charge is 0.140 e. The summed E-state index contributed by atoms with van der Waals surface area (Å²) in [5, 5.41) is 7.35. The van der Waals surface area contributed by atoms with E-state index < -0.39 is 5.41 Å². The average molecular weight is 955 g/mol. The van der Waals surface area contributed by atoms with Crippen molar-refractivity contribution in [1.29, 1.82) is 0 Å². The molecule has 0 N–H and O–H groups in total. The van der Waals surface area contributed by atoms with Gasteiger partial charge in [-0.15, -0.1) is 0 Å². The SMILES string of the molecule is Cn1c(-c2ccccc2)nc2ccc(-c3cccc4c(-c5cccc6c5C5(c7ccccc7-c7ccccc75)c5ccc7ccccc7c5-6)c5cccc(-c6ccc7nc(-c8ccccc8)n(C)c7c6)c5cc34)cc21. The molecule has 0 saturated heterocycles. The number of nitrogens with zero attached hydrogens (tertiary/aromatic N) is 4. The van der Waals surface area contributed by atoms with E-state index >= 15 is 0 Å². The first kappa shape index (κ1) is 41.9. The molecule has 0 radical (unpaired) electrons. The third kappa shape index (κ3) is 5.77. The number of benzene rings is 12. The van der Waals surface area contributed by atoms with Crippen molar-refractivity contribution >= 4 is 54.4 Å². The van der Waals surface area contributed by atoms with Crippen LogP contribution in [0.1, 0.15) is 22.3 Å². The minimum atomic E-state index is -0.579. The highest BCUT2D eigenvalue weighted by molar-refractivity contribution is 6.21. The fourth-order valence-electron chi connectivity index (χ4n) is 13.5. The molecule has 16 rings (SSSR count). The quantitative estimate of drug-likeness (QED) is 0.161. The van der Waals surface area contributed by atoms with Crippen LogP contribution in [0, 0.1) is 0 Å². The molecule has 75 heavy (non-hydrogen) atoms. The van der Waals surface area contributed by atoms with Crippen molar-refractivity contribution in [3.8, 4) is 78.4 Å². The van der Waals surface area contributed by atoms with Gasteiger partial charge in [0.1, 0.15) is 11.6 Å². The van der Waals surface area contributed by atoms with Crippen LogP contribution in [0.5, 0.6) is 0 Å². The highest BCUT2D eigenvalue weighted by atomic mass is 15.1. The number of rotatable bonds is 5. The summed E-state index contributed by atoms with van der Waals surface area (Å²) in [6.07, 6.45) is 0. The lowest BCUT2D eigenvalue weighted by atomic mass is 9.68. The molecule has 350 valence electrons. The minimum absolute atomic E-state index is 0.579. The van der Waals surface area contributed by atoms with Crippen LogP contribution in [0.2, 0.25) is 0 Å². The maximum Gasteiger partial charge on any atom is 0.140 e. The van der Waals surface area contributed by atoms with E-state index in [-0.39, 0.29) is 0 Å². The molecule has 0 fully saturated rings. The van der Waals surface area contributed by atoms with Gasteiger partial charge in [-0.3, -0.25) is 0 Å². The second-order valence-electron chi connectivity index (χ2n) is 20.5. The Hall–Kier alpha value is -9.64. The minimum Gasteiger partial charge on any atom is -0.327 e. The lowest BCUT2D eigenvalue weighted by molar-refractivity contribution is 0.796. The van der Waals surface area contributed by atoms with Gasteiger partial charge in [0.2, 0.25) is 0 Å². The molecule has 12 aromatic carbocycles. The molecule has 0 amide bonds. The largest absolute Gasteiger partial charge is 0.327 e. The summed E-state index contributed by atoms with van der Waals surface area (Å²) in [5.74, 6) is 1.91. The fraction of sp³-hybridized carbons (Fsp3) is 0.0423. The van der Waals surface area contributed by atoms with Gasteiger partial charge >= 0.3 is 0 Å². The Kier molecular flexibility index (Phi) is 8.77. The third-order valence-corrected chi connectivity index (χ3v) is 16.8. The molecule has 4 heteroatoms. The van der Waals surface area contributed by atoms with Crippen LogP contribution in [0.15, 0.2) is 243 Å². The van der Waals surface area contributed by atoms with Crippen LogP contribution in [0.25, 0.3) is 133 Å². The third-order valence-electron chi connectivity index (χ3n) is 16.8. The van der Waals surface area contributed by atoms with E-state index in [1.54, 1.807) is 0 Å². The number of aryl methyl sites for hydroxylation is 2. The van der Waals surface area contributed by atoms with Crippen molar-refractivity contribution in [2.75, 3.05) is 0 Å². The van der Waals surface area contributed by atoms with Crippen molar-refractivity contribution in [1.82, 2.24) is 19.1 Å². The monoisotopic (exact) mass is 954 g/mol. The summed E-state index contributed by atoms with van der Waals surface area (Å²) in [7, 11) is 4.27. The zero-order valence-electron chi connectivity index (χ0n) is 41.4. The first-order chi connectivity index (χ1) is 37.0. The molecule has 2 aliphatic rings. The molecule has 14 aromatic rings. The molecule has 2 aromatic heterocycles. The lowest BCUT2D eigenvalue weighted by Gasteiger charge is -2.33. The van der Waals surface area contributed by atoms with Gasteiger partial charge in [-0.25, -0.2) is 9.97 Å². The van der Waals surface area contributed by atoms with E-state index in [2.05, 4.69) is 266 Å². The molecule has 0 bridgehead atoms. The van der Waals surface area contributed by atoms with Crippen molar-refractivity contribution in [2.24, 2.45) is 14.1 Å². The Labute approximate surface area is 434 Å². The van der Waals surface area contributed by atoms with E-state index in [4.69, 9.17) is 9.97 Å².